The third-order valence-corrected chi connectivity index (χ3v) is 7.34. The van der Waals surface area contributed by atoms with E-state index >= 15 is 0 Å². The Bertz CT molecular complexity index is 958. The zero-order chi connectivity index (χ0) is 18.4. The number of thioether (sulfide) groups is 1. The summed E-state index contributed by atoms with van der Waals surface area (Å²) in [5.74, 6) is 0. The van der Waals surface area contributed by atoms with Crippen molar-refractivity contribution in [1.82, 2.24) is 4.98 Å². The second-order valence-electron chi connectivity index (χ2n) is 7.32. The van der Waals surface area contributed by atoms with Gasteiger partial charge < -0.3 is 0 Å². The highest BCUT2D eigenvalue weighted by Gasteiger charge is 2.44. The molecule has 2 aliphatic carbocycles. The molecule has 0 bridgehead atoms. The van der Waals surface area contributed by atoms with Crippen molar-refractivity contribution < 1.29 is 8.42 Å². The molecule has 0 radical (unpaired) electrons. The van der Waals surface area contributed by atoms with Gasteiger partial charge in [-0.2, -0.15) is 0 Å². The maximum absolute atomic E-state index is 11.5. The molecule has 0 aliphatic heterocycles. The van der Waals surface area contributed by atoms with E-state index in [0.717, 1.165) is 18.5 Å². The smallest absolute Gasteiger partial charge is 0.239 e. The third-order valence-electron chi connectivity index (χ3n) is 5.69. The molecule has 0 amide bonds. The van der Waals surface area contributed by atoms with Crippen LogP contribution in [0.4, 0.5) is 0 Å². The van der Waals surface area contributed by atoms with Crippen LogP contribution in [0.5, 0.6) is 0 Å². The molecule has 1 spiro atoms. The van der Waals surface area contributed by atoms with E-state index in [-0.39, 0.29) is 4.90 Å². The van der Waals surface area contributed by atoms with Crippen LogP contribution in [0, 0.1) is 5.41 Å². The molecule has 1 aromatic heterocycles. The zero-order valence-electron chi connectivity index (χ0n) is 14.7. The lowest BCUT2D eigenvalue weighted by Crippen LogP contribution is -2.26. The van der Waals surface area contributed by atoms with Gasteiger partial charge in [-0.1, -0.05) is 18.6 Å². The lowest BCUT2D eigenvalue weighted by atomic mass is 9.66. The predicted octanol–water partition coefficient (Wildman–Crippen LogP) is 4.33. The molecule has 0 unspecified atom stereocenters. The second-order valence-corrected chi connectivity index (χ2v) is 9.76. The summed E-state index contributed by atoms with van der Waals surface area (Å²) >= 11 is 1.74. The van der Waals surface area contributed by atoms with E-state index in [1.165, 1.54) is 47.1 Å². The molecule has 4 rings (SSSR count). The highest BCUT2D eigenvalue weighted by atomic mass is 32.2. The van der Waals surface area contributed by atoms with Crippen LogP contribution in [0.1, 0.15) is 43.4 Å². The van der Waals surface area contributed by atoms with E-state index < -0.39 is 10.0 Å². The average Bonchev–Trinajstić information content (AvgIpc) is 3.03. The molecule has 2 aromatic rings. The number of aromatic nitrogens is 1. The Balaban J connectivity index is 1.75. The van der Waals surface area contributed by atoms with Crippen LogP contribution in [0.15, 0.2) is 52.4 Å². The van der Waals surface area contributed by atoms with Gasteiger partial charge in [-0.05, 0) is 78.3 Å². The summed E-state index contributed by atoms with van der Waals surface area (Å²) in [6, 6.07) is 12.1. The van der Waals surface area contributed by atoms with E-state index in [4.69, 9.17) is 5.14 Å². The van der Waals surface area contributed by atoms with E-state index in [2.05, 4.69) is 35.5 Å². The summed E-state index contributed by atoms with van der Waals surface area (Å²) in [6.07, 6.45) is 9.38. The number of nitrogens with zero attached hydrogens (tertiary/aromatic N) is 1. The molecule has 0 saturated heterocycles. The van der Waals surface area contributed by atoms with Crippen molar-refractivity contribution in [1.29, 1.82) is 0 Å². The lowest BCUT2D eigenvalue weighted by Gasteiger charge is -2.39. The molecule has 1 aromatic carbocycles. The van der Waals surface area contributed by atoms with Crippen LogP contribution in [0.25, 0.3) is 11.1 Å². The fraction of sp³-hybridized carbons (Fsp3) is 0.350. The summed E-state index contributed by atoms with van der Waals surface area (Å²) in [4.78, 5) is 5.75. The summed E-state index contributed by atoms with van der Waals surface area (Å²) in [7, 11) is -3.71. The van der Waals surface area contributed by atoms with Gasteiger partial charge in [0, 0.05) is 11.1 Å². The molecule has 2 N–H and O–H groups in total. The minimum atomic E-state index is -3.71. The van der Waals surface area contributed by atoms with Gasteiger partial charge in [0.2, 0.25) is 10.0 Å². The highest BCUT2D eigenvalue weighted by molar-refractivity contribution is 7.98. The monoisotopic (exact) mass is 386 g/mol. The maximum atomic E-state index is 11.5. The largest absolute Gasteiger partial charge is 0.255 e. The van der Waals surface area contributed by atoms with Crippen molar-refractivity contribution in [3.05, 3.63) is 53.9 Å². The first-order chi connectivity index (χ1) is 12.4. The molecular formula is C20H22N2O2S2. The Morgan fingerprint density at radius 1 is 1.04 bits per heavy atom. The van der Waals surface area contributed by atoms with Crippen molar-refractivity contribution in [2.24, 2.45) is 10.6 Å². The number of benzene rings is 1. The molecule has 136 valence electrons. The topological polar surface area (TPSA) is 73.1 Å². The van der Waals surface area contributed by atoms with Crippen LogP contribution in [0.3, 0.4) is 0 Å². The van der Waals surface area contributed by atoms with Gasteiger partial charge in [0.1, 0.15) is 4.90 Å². The number of sulfonamides is 1. The fourth-order valence-corrected chi connectivity index (χ4v) is 4.96. The Kier molecular flexibility index (Phi) is 4.45. The van der Waals surface area contributed by atoms with Gasteiger partial charge in [-0.25, -0.2) is 13.6 Å². The third kappa shape index (κ3) is 3.21. The molecule has 4 nitrogen and oxygen atoms in total. The average molecular weight is 387 g/mol. The standard InChI is InChI=1S/C20H22N2O2S2/c1-25-15-5-3-14(4-6-15)17-11-20(9-2-10-20)12-18(17)19-8-7-16(13-22-19)26(21,23)24/h3-8,13H,2,9-12H2,1H3,(H2,21,23,24). The number of primary sulfonamides is 1. The Morgan fingerprint density at radius 2 is 1.73 bits per heavy atom. The van der Waals surface area contributed by atoms with Gasteiger partial charge in [-0.15, -0.1) is 11.8 Å². The number of hydrogen-bond donors (Lipinski definition) is 1. The fourth-order valence-electron chi connectivity index (χ4n) is 4.10. The highest BCUT2D eigenvalue weighted by Crippen LogP contribution is 2.59. The predicted molar refractivity (Wildman–Crippen MR) is 106 cm³/mol. The van der Waals surface area contributed by atoms with Crippen molar-refractivity contribution in [2.75, 3.05) is 6.26 Å². The first-order valence-electron chi connectivity index (χ1n) is 8.76. The van der Waals surface area contributed by atoms with Gasteiger partial charge >= 0.3 is 0 Å². The number of pyridine rings is 1. The van der Waals surface area contributed by atoms with Crippen LogP contribution < -0.4 is 5.14 Å². The van der Waals surface area contributed by atoms with E-state index in [1.54, 1.807) is 23.9 Å². The molecule has 0 atom stereocenters. The number of hydrogen-bond acceptors (Lipinski definition) is 4. The summed E-state index contributed by atoms with van der Waals surface area (Å²) in [6.45, 7) is 0. The SMILES string of the molecule is CSc1ccc(C2=C(c3ccc(S(N)(=O)=O)cn3)CC3(CCC3)C2)cc1. The normalized spacial score (nSPS) is 19.0. The molecule has 2 aliphatic rings. The lowest BCUT2D eigenvalue weighted by molar-refractivity contribution is 0.157. The first-order valence-corrected chi connectivity index (χ1v) is 11.5. The molecular weight excluding hydrogens is 364 g/mol. The van der Waals surface area contributed by atoms with Gasteiger partial charge in [-0.3, -0.25) is 4.98 Å². The van der Waals surface area contributed by atoms with Crippen LogP contribution >= 0.6 is 11.8 Å². The van der Waals surface area contributed by atoms with Crippen molar-refractivity contribution in [3.8, 4) is 0 Å². The summed E-state index contributed by atoms with van der Waals surface area (Å²) < 4.78 is 23.0. The van der Waals surface area contributed by atoms with Gasteiger partial charge in [0.05, 0.1) is 5.69 Å². The minimum absolute atomic E-state index is 0.0593. The number of nitrogens with two attached hydrogens (primary N) is 1. The Hall–Kier alpha value is -1.63. The molecule has 1 saturated carbocycles. The van der Waals surface area contributed by atoms with Crippen molar-refractivity contribution in [2.45, 2.75) is 41.9 Å². The van der Waals surface area contributed by atoms with Crippen LogP contribution in [-0.4, -0.2) is 19.7 Å². The first kappa shape index (κ1) is 17.8. The van der Waals surface area contributed by atoms with Crippen LogP contribution in [0.2, 0.25) is 0 Å². The molecule has 6 heteroatoms. The van der Waals surface area contributed by atoms with Crippen molar-refractivity contribution >= 4 is 32.9 Å². The Morgan fingerprint density at radius 3 is 2.23 bits per heavy atom. The van der Waals surface area contributed by atoms with Crippen LogP contribution in [-0.2, 0) is 10.0 Å². The van der Waals surface area contributed by atoms with Crippen molar-refractivity contribution in [3.63, 3.8) is 0 Å². The van der Waals surface area contributed by atoms with E-state index in [9.17, 15) is 8.42 Å². The summed E-state index contributed by atoms with van der Waals surface area (Å²) in [5.41, 5.74) is 5.10. The van der Waals surface area contributed by atoms with Gasteiger partial charge in [0.25, 0.3) is 0 Å². The Labute approximate surface area is 159 Å². The quantitative estimate of drug-likeness (QED) is 0.794. The minimum Gasteiger partial charge on any atom is -0.255 e. The number of allylic oxidation sites excluding steroid dienone is 2. The van der Waals surface area contributed by atoms with E-state index in [1.807, 2.05) is 0 Å². The molecule has 1 fully saturated rings. The van der Waals surface area contributed by atoms with Gasteiger partial charge in [0.15, 0.2) is 0 Å². The molecule has 26 heavy (non-hydrogen) atoms. The summed E-state index contributed by atoms with van der Waals surface area (Å²) in [5, 5.41) is 5.20. The second kappa shape index (κ2) is 6.51. The molecule has 1 heterocycles. The number of rotatable bonds is 4. The van der Waals surface area contributed by atoms with E-state index in [0.29, 0.717) is 5.41 Å². The maximum Gasteiger partial charge on any atom is 0.239 e. The zero-order valence-corrected chi connectivity index (χ0v) is 16.4.